The molecule has 2 atom stereocenters. The molecule has 0 aromatic heterocycles. The molecule has 0 aliphatic rings. The Balaban J connectivity index is 2.26. The normalized spacial score (nSPS) is 13.5. The molecule has 0 unspecified atom stereocenters. The summed E-state index contributed by atoms with van der Waals surface area (Å²) < 4.78 is 38.8. The average molecular weight is 455 g/mol. The molecule has 9 heteroatoms. The molecule has 0 saturated heterocycles. The fourth-order valence-electron chi connectivity index (χ4n) is 2.85. The second kappa shape index (κ2) is 11.3. The van der Waals surface area contributed by atoms with Crippen molar-refractivity contribution in [2.45, 2.75) is 37.2 Å². The van der Waals surface area contributed by atoms with Crippen molar-refractivity contribution < 1.29 is 22.7 Å². The lowest BCUT2D eigenvalue weighted by molar-refractivity contribution is -0.123. The summed E-state index contributed by atoms with van der Waals surface area (Å²) in [6.45, 7) is 4.30. The lowest BCUT2D eigenvalue weighted by Gasteiger charge is -2.21. The van der Waals surface area contributed by atoms with Crippen molar-refractivity contribution in [1.82, 2.24) is 10.0 Å². The average Bonchev–Trinajstić information content (AvgIpc) is 2.70. The summed E-state index contributed by atoms with van der Waals surface area (Å²) in [5.74, 6) is -0.0471. The van der Waals surface area contributed by atoms with Crippen LogP contribution in [0.3, 0.4) is 0 Å². The number of carbonyl (C=O) groups excluding carboxylic acids is 1. The maximum Gasteiger partial charge on any atom is 0.241 e. The van der Waals surface area contributed by atoms with Crippen LogP contribution in [-0.4, -0.2) is 46.7 Å². The molecule has 0 aliphatic heterocycles. The first-order valence-electron chi connectivity index (χ1n) is 9.54. The zero-order valence-electron chi connectivity index (χ0n) is 17.2. The van der Waals surface area contributed by atoms with Crippen molar-refractivity contribution in [1.29, 1.82) is 0 Å². The number of benzene rings is 2. The van der Waals surface area contributed by atoms with Crippen molar-refractivity contribution in [2.75, 3.05) is 20.3 Å². The molecule has 7 nitrogen and oxygen atoms in total. The van der Waals surface area contributed by atoms with Crippen LogP contribution >= 0.6 is 11.6 Å². The van der Waals surface area contributed by atoms with Gasteiger partial charge in [0.05, 0.1) is 23.1 Å². The van der Waals surface area contributed by atoms with Gasteiger partial charge in [0.25, 0.3) is 0 Å². The summed E-state index contributed by atoms with van der Waals surface area (Å²) in [6, 6.07) is 12.1. The maximum atomic E-state index is 13.0. The van der Waals surface area contributed by atoms with Crippen molar-refractivity contribution in [3.63, 3.8) is 0 Å². The minimum Gasteiger partial charge on any atom is -0.492 e. The first-order valence-corrected chi connectivity index (χ1v) is 11.4. The fraction of sp³-hybridized carbons (Fsp3) is 0.381. The van der Waals surface area contributed by atoms with Gasteiger partial charge in [-0.25, -0.2) is 8.42 Å². The predicted molar refractivity (Wildman–Crippen MR) is 116 cm³/mol. The van der Waals surface area contributed by atoms with Gasteiger partial charge in [0.1, 0.15) is 11.8 Å². The number of hydrogen-bond donors (Lipinski definition) is 2. The number of nitrogens with one attached hydrogen (secondary N) is 2. The molecule has 0 saturated carbocycles. The highest BCUT2D eigenvalue weighted by Gasteiger charge is 2.27. The molecule has 1 amide bonds. The zero-order chi connectivity index (χ0) is 22.1. The van der Waals surface area contributed by atoms with Crippen molar-refractivity contribution in [2.24, 2.45) is 0 Å². The predicted octanol–water partition coefficient (Wildman–Crippen LogP) is 2.78. The van der Waals surface area contributed by atoms with E-state index in [1.165, 1.54) is 25.3 Å². The third-order valence-corrected chi connectivity index (χ3v) is 5.98. The molecule has 2 aromatic carbocycles. The highest BCUT2D eigenvalue weighted by Crippen LogP contribution is 2.27. The summed E-state index contributed by atoms with van der Waals surface area (Å²) >= 11 is 6.14. The Morgan fingerprint density at radius 3 is 2.47 bits per heavy atom. The minimum atomic E-state index is -4.01. The molecule has 2 aromatic rings. The SMILES string of the molecule is CCOc1ccc(S(=O)(=O)N[C@@H](Cc2ccccc2)C(=O)N[C@H](C)COC)cc1Cl. The van der Waals surface area contributed by atoms with Gasteiger partial charge in [-0.2, -0.15) is 4.72 Å². The molecule has 30 heavy (non-hydrogen) atoms. The maximum absolute atomic E-state index is 13.0. The highest BCUT2D eigenvalue weighted by atomic mass is 35.5. The molecule has 0 bridgehead atoms. The summed E-state index contributed by atoms with van der Waals surface area (Å²) in [6.07, 6.45) is 0.191. The summed E-state index contributed by atoms with van der Waals surface area (Å²) in [5, 5.41) is 2.95. The number of carbonyl (C=O) groups is 1. The van der Waals surface area contributed by atoms with Gasteiger partial charge in [0.2, 0.25) is 15.9 Å². The van der Waals surface area contributed by atoms with Gasteiger partial charge in [-0.15, -0.1) is 0 Å². The van der Waals surface area contributed by atoms with Crippen LogP contribution in [0, 0.1) is 0 Å². The third kappa shape index (κ3) is 6.98. The number of hydrogen-bond acceptors (Lipinski definition) is 5. The number of halogens is 1. The molecule has 164 valence electrons. The minimum absolute atomic E-state index is 0.0493. The number of rotatable bonds is 11. The van der Waals surface area contributed by atoms with Gasteiger partial charge in [-0.05, 0) is 44.0 Å². The molecule has 0 spiro atoms. The highest BCUT2D eigenvalue weighted by molar-refractivity contribution is 7.89. The molecular formula is C21H27ClN2O5S. The number of amides is 1. The number of sulfonamides is 1. The van der Waals surface area contributed by atoms with E-state index in [0.29, 0.717) is 19.0 Å². The Morgan fingerprint density at radius 2 is 1.87 bits per heavy atom. The quantitative estimate of drug-likeness (QED) is 0.544. The Hall–Kier alpha value is -2.13. The van der Waals surface area contributed by atoms with Gasteiger partial charge in [0, 0.05) is 13.2 Å². The van der Waals surface area contributed by atoms with Gasteiger partial charge in [-0.3, -0.25) is 4.79 Å². The van der Waals surface area contributed by atoms with E-state index >= 15 is 0 Å². The molecular weight excluding hydrogens is 428 g/mol. The van der Waals surface area contributed by atoms with Crippen LogP contribution in [0.2, 0.25) is 5.02 Å². The van der Waals surface area contributed by atoms with Crippen LogP contribution in [0.5, 0.6) is 5.75 Å². The smallest absolute Gasteiger partial charge is 0.241 e. The van der Waals surface area contributed by atoms with Gasteiger partial charge in [-0.1, -0.05) is 41.9 Å². The first kappa shape index (κ1) is 24.1. The van der Waals surface area contributed by atoms with E-state index < -0.39 is 22.0 Å². The van der Waals surface area contributed by atoms with Crippen LogP contribution in [0.4, 0.5) is 0 Å². The number of methoxy groups -OCH3 is 1. The Labute approximate surface area is 182 Å². The number of ether oxygens (including phenoxy) is 2. The molecule has 0 radical (unpaired) electrons. The Kier molecular flexibility index (Phi) is 9.10. The topological polar surface area (TPSA) is 93.7 Å². The van der Waals surface area contributed by atoms with E-state index in [2.05, 4.69) is 10.0 Å². The molecule has 0 fully saturated rings. The molecule has 0 heterocycles. The Bertz CT molecular complexity index is 938. The monoisotopic (exact) mass is 454 g/mol. The van der Waals surface area contributed by atoms with Gasteiger partial charge < -0.3 is 14.8 Å². The molecule has 2 N–H and O–H groups in total. The molecule has 2 rings (SSSR count). The van der Waals surface area contributed by atoms with Crippen LogP contribution in [0.15, 0.2) is 53.4 Å². The van der Waals surface area contributed by atoms with E-state index in [0.717, 1.165) is 5.56 Å². The largest absolute Gasteiger partial charge is 0.492 e. The lowest BCUT2D eigenvalue weighted by Crippen LogP contribution is -2.50. The second-order valence-electron chi connectivity index (χ2n) is 6.75. The van der Waals surface area contributed by atoms with E-state index in [4.69, 9.17) is 21.1 Å². The van der Waals surface area contributed by atoms with Crippen LogP contribution in [0.25, 0.3) is 0 Å². The first-order chi connectivity index (χ1) is 14.3. The van der Waals surface area contributed by atoms with Crippen LogP contribution in [-0.2, 0) is 26.0 Å². The van der Waals surface area contributed by atoms with E-state index in [9.17, 15) is 13.2 Å². The van der Waals surface area contributed by atoms with E-state index in [1.807, 2.05) is 30.3 Å². The van der Waals surface area contributed by atoms with Gasteiger partial charge in [0.15, 0.2) is 0 Å². The summed E-state index contributed by atoms with van der Waals surface area (Å²) in [5.41, 5.74) is 0.824. The third-order valence-electron chi connectivity index (χ3n) is 4.22. The van der Waals surface area contributed by atoms with E-state index in [-0.39, 0.29) is 22.4 Å². The van der Waals surface area contributed by atoms with Crippen molar-refractivity contribution in [3.8, 4) is 5.75 Å². The summed E-state index contributed by atoms with van der Waals surface area (Å²) in [4.78, 5) is 12.8. The standard InChI is InChI=1S/C21H27ClN2O5S/c1-4-29-20-11-10-17(13-18(20)22)30(26,27)24-19(12-16-8-6-5-7-9-16)21(25)23-15(2)14-28-3/h5-11,13,15,19,24H,4,12,14H2,1-3H3,(H,23,25)/t15-,19+/m1/s1. The zero-order valence-corrected chi connectivity index (χ0v) is 18.8. The van der Waals surface area contributed by atoms with Crippen molar-refractivity contribution in [3.05, 3.63) is 59.1 Å². The molecule has 0 aliphatic carbocycles. The van der Waals surface area contributed by atoms with Crippen molar-refractivity contribution >= 4 is 27.5 Å². The van der Waals surface area contributed by atoms with Gasteiger partial charge >= 0.3 is 0 Å². The van der Waals surface area contributed by atoms with Crippen LogP contribution < -0.4 is 14.8 Å². The Morgan fingerprint density at radius 1 is 1.17 bits per heavy atom. The second-order valence-corrected chi connectivity index (χ2v) is 8.87. The lowest BCUT2D eigenvalue weighted by atomic mass is 10.1. The fourth-order valence-corrected chi connectivity index (χ4v) is 4.37. The van der Waals surface area contributed by atoms with Crippen LogP contribution in [0.1, 0.15) is 19.4 Å². The van der Waals surface area contributed by atoms with E-state index in [1.54, 1.807) is 13.8 Å². The summed E-state index contributed by atoms with van der Waals surface area (Å²) in [7, 11) is -2.48.